The molecule has 4 N–H and O–H groups in total. The Morgan fingerprint density at radius 3 is 2.21 bits per heavy atom. The van der Waals surface area contributed by atoms with Gasteiger partial charge in [0, 0.05) is 36.2 Å². The molecular formula is C18H21BrCl2F3N3O2. The lowest BCUT2D eigenvalue weighted by atomic mass is 9.95. The first-order chi connectivity index (χ1) is 12.8. The van der Waals surface area contributed by atoms with Gasteiger partial charge in [0.25, 0.3) is 0 Å². The highest BCUT2D eigenvalue weighted by Crippen LogP contribution is 2.42. The molecule has 0 unspecified atom stereocenters. The van der Waals surface area contributed by atoms with E-state index in [1.165, 1.54) is 12.1 Å². The molecule has 0 amide bonds. The second kappa shape index (κ2) is 10.6. The van der Waals surface area contributed by atoms with Crippen molar-refractivity contribution in [2.75, 3.05) is 31.9 Å². The van der Waals surface area contributed by atoms with E-state index in [0.29, 0.717) is 23.1 Å². The number of hydrogen-bond acceptors (Lipinski definition) is 5. The summed E-state index contributed by atoms with van der Waals surface area (Å²) >= 11 is 3.47. The third-order valence-corrected chi connectivity index (χ3v) is 5.11. The van der Waals surface area contributed by atoms with Crippen molar-refractivity contribution in [3.8, 4) is 11.5 Å². The van der Waals surface area contributed by atoms with Crippen molar-refractivity contribution >= 4 is 46.4 Å². The Morgan fingerprint density at radius 2 is 1.66 bits per heavy atom. The topological polar surface area (TPSA) is 70.8 Å². The first-order valence-electron chi connectivity index (χ1n) is 8.33. The summed E-state index contributed by atoms with van der Waals surface area (Å²) in [5.74, 6) is -0.329. The van der Waals surface area contributed by atoms with Gasteiger partial charge in [0.2, 0.25) is 0 Å². The molecule has 3 rings (SSSR count). The molecular weight excluding hydrogens is 498 g/mol. The number of piperazine rings is 1. The number of nitrogens with two attached hydrogens (primary N) is 1. The van der Waals surface area contributed by atoms with Gasteiger partial charge >= 0.3 is 6.36 Å². The molecule has 0 aliphatic carbocycles. The van der Waals surface area contributed by atoms with Gasteiger partial charge < -0.3 is 20.9 Å². The molecule has 1 aliphatic rings. The Labute approximate surface area is 187 Å². The summed E-state index contributed by atoms with van der Waals surface area (Å²) in [5, 5.41) is 13.8. The Kier molecular flexibility index (Phi) is 9.36. The normalized spacial score (nSPS) is 15.7. The Hall–Kier alpha value is -1.39. The van der Waals surface area contributed by atoms with E-state index in [1.807, 2.05) is 0 Å². The minimum absolute atomic E-state index is 0. The number of anilines is 1. The quantitative estimate of drug-likeness (QED) is 0.411. The molecule has 0 bridgehead atoms. The van der Waals surface area contributed by atoms with Crippen LogP contribution in [0.5, 0.6) is 11.5 Å². The minimum atomic E-state index is -4.74. The third kappa shape index (κ3) is 6.29. The third-order valence-electron chi connectivity index (χ3n) is 4.41. The predicted octanol–water partition coefficient (Wildman–Crippen LogP) is 4.47. The zero-order valence-corrected chi connectivity index (χ0v) is 18.3. The first-order valence-corrected chi connectivity index (χ1v) is 9.13. The van der Waals surface area contributed by atoms with Crippen molar-refractivity contribution in [2.45, 2.75) is 12.4 Å². The van der Waals surface area contributed by atoms with Crippen LogP contribution in [0.2, 0.25) is 0 Å². The smallest absolute Gasteiger partial charge is 0.505 e. The van der Waals surface area contributed by atoms with Crippen LogP contribution in [0.4, 0.5) is 18.9 Å². The van der Waals surface area contributed by atoms with Crippen LogP contribution in [0, 0.1) is 0 Å². The Morgan fingerprint density at radius 1 is 1.07 bits per heavy atom. The number of ether oxygens (including phenoxy) is 1. The van der Waals surface area contributed by atoms with Crippen molar-refractivity contribution in [1.29, 1.82) is 0 Å². The van der Waals surface area contributed by atoms with Crippen LogP contribution < -0.4 is 15.8 Å². The van der Waals surface area contributed by atoms with Crippen molar-refractivity contribution in [1.82, 2.24) is 10.2 Å². The van der Waals surface area contributed by atoms with Crippen LogP contribution in [0.1, 0.15) is 17.2 Å². The summed E-state index contributed by atoms with van der Waals surface area (Å²) in [4.78, 5) is 2.15. The number of halogens is 6. The van der Waals surface area contributed by atoms with Crippen LogP contribution in [-0.2, 0) is 0 Å². The second-order valence-corrected chi connectivity index (χ2v) is 7.06. The van der Waals surface area contributed by atoms with E-state index in [-0.39, 0.29) is 48.0 Å². The monoisotopic (exact) mass is 517 g/mol. The molecule has 2 aromatic rings. The standard InChI is InChI=1S/C18H19BrF3N3O2.2ClH/c19-13-5-6-14(23)17(26)15(13)16(25-9-7-24-8-10-25)11-1-3-12(4-2-11)27-18(20,21)22;;/h1-6,16,24,26H,7-10,23H2;2*1H/t16-;;/m1../s1. The van der Waals surface area contributed by atoms with Gasteiger partial charge in [-0.1, -0.05) is 28.1 Å². The summed E-state index contributed by atoms with van der Waals surface area (Å²) in [6, 6.07) is 8.67. The molecule has 5 nitrogen and oxygen atoms in total. The molecule has 29 heavy (non-hydrogen) atoms. The SMILES string of the molecule is Cl.Cl.Nc1ccc(Br)c([C@@H](c2ccc(OC(F)(F)F)cc2)N2CCNCC2)c1O. The van der Waals surface area contributed by atoms with E-state index in [4.69, 9.17) is 5.73 Å². The average molecular weight is 519 g/mol. The maximum atomic E-state index is 12.4. The van der Waals surface area contributed by atoms with Gasteiger partial charge in [0.15, 0.2) is 0 Å². The van der Waals surface area contributed by atoms with E-state index >= 15 is 0 Å². The Balaban J connectivity index is 0.00000210. The van der Waals surface area contributed by atoms with E-state index in [2.05, 4.69) is 30.9 Å². The number of hydrogen-bond donors (Lipinski definition) is 3. The lowest BCUT2D eigenvalue weighted by Gasteiger charge is -2.36. The number of nitrogens with one attached hydrogen (secondary N) is 1. The van der Waals surface area contributed by atoms with Crippen LogP contribution in [0.25, 0.3) is 0 Å². The van der Waals surface area contributed by atoms with Gasteiger partial charge in [-0.3, -0.25) is 4.90 Å². The summed E-state index contributed by atoms with van der Waals surface area (Å²) in [5.41, 5.74) is 7.44. The van der Waals surface area contributed by atoms with Crippen LogP contribution in [-0.4, -0.2) is 42.5 Å². The highest BCUT2D eigenvalue weighted by Gasteiger charge is 2.32. The largest absolute Gasteiger partial charge is 0.573 e. The zero-order valence-electron chi connectivity index (χ0n) is 15.1. The summed E-state index contributed by atoms with van der Waals surface area (Å²) in [6.45, 7) is 2.97. The van der Waals surface area contributed by atoms with Gasteiger partial charge in [0.1, 0.15) is 11.5 Å². The van der Waals surface area contributed by atoms with Crippen molar-refractivity contribution in [2.24, 2.45) is 0 Å². The van der Waals surface area contributed by atoms with Crippen molar-refractivity contribution < 1.29 is 23.0 Å². The lowest BCUT2D eigenvalue weighted by molar-refractivity contribution is -0.274. The van der Waals surface area contributed by atoms with Gasteiger partial charge in [0.05, 0.1) is 11.7 Å². The van der Waals surface area contributed by atoms with Gasteiger partial charge in [-0.05, 0) is 29.8 Å². The molecule has 11 heteroatoms. The molecule has 1 heterocycles. The molecule has 0 spiro atoms. The fourth-order valence-electron chi connectivity index (χ4n) is 3.21. The molecule has 2 aromatic carbocycles. The fourth-order valence-corrected chi connectivity index (χ4v) is 3.75. The van der Waals surface area contributed by atoms with Crippen LogP contribution in [0.3, 0.4) is 0 Å². The second-order valence-electron chi connectivity index (χ2n) is 6.20. The molecule has 1 atom stereocenters. The van der Waals surface area contributed by atoms with E-state index in [9.17, 15) is 18.3 Å². The lowest BCUT2D eigenvalue weighted by Crippen LogP contribution is -2.45. The first kappa shape index (κ1) is 25.6. The van der Waals surface area contributed by atoms with E-state index in [1.54, 1.807) is 24.3 Å². The number of benzene rings is 2. The molecule has 0 aromatic heterocycles. The van der Waals surface area contributed by atoms with Crippen molar-refractivity contribution in [3.63, 3.8) is 0 Å². The summed E-state index contributed by atoms with van der Waals surface area (Å²) in [6.07, 6.45) is -4.74. The predicted molar refractivity (Wildman–Crippen MR) is 114 cm³/mol. The minimum Gasteiger partial charge on any atom is -0.505 e. The maximum Gasteiger partial charge on any atom is 0.573 e. The molecule has 1 fully saturated rings. The number of rotatable bonds is 4. The molecule has 0 saturated carbocycles. The number of nitrogens with zero attached hydrogens (tertiary/aromatic N) is 1. The van der Waals surface area contributed by atoms with E-state index < -0.39 is 6.36 Å². The molecule has 0 radical (unpaired) electrons. The number of phenolic OH excluding ortho intramolecular Hbond substituents is 1. The van der Waals surface area contributed by atoms with Crippen molar-refractivity contribution in [3.05, 3.63) is 52.0 Å². The number of alkyl halides is 3. The van der Waals surface area contributed by atoms with E-state index in [0.717, 1.165) is 18.7 Å². The van der Waals surface area contributed by atoms with Crippen LogP contribution in [0.15, 0.2) is 40.9 Å². The fraction of sp³-hybridized carbons (Fsp3) is 0.333. The molecule has 1 saturated heterocycles. The molecule has 1 aliphatic heterocycles. The highest BCUT2D eigenvalue weighted by atomic mass is 79.9. The summed E-state index contributed by atoms with van der Waals surface area (Å²) < 4.78 is 41.9. The number of nitrogen functional groups attached to an aromatic ring is 1. The van der Waals surface area contributed by atoms with Gasteiger partial charge in [-0.2, -0.15) is 0 Å². The molecule has 162 valence electrons. The number of phenols is 1. The van der Waals surface area contributed by atoms with Crippen LogP contribution >= 0.6 is 40.7 Å². The number of aromatic hydroxyl groups is 1. The highest BCUT2D eigenvalue weighted by molar-refractivity contribution is 9.10. The van der Waals surface area contributed by atoms with Gasteiger partial charge in [-0.25, -0.2) is 0 Å². The maximum absolute atomic E-state index is 12.4. The Bertz CT molecular complexity index is 804. The summed E-state index contributed by atoms with van der Waals surface area (Å²) in [7, 11) is 0. The average Bonchev–Trinajstić information content (AvgIpc) is 2.62. The zero-order chi connectivity index (χ0) is 19.6. The van der Waals surface area contributed by atoms with Gasteiger partial charge in [-0.15, -0.1) is 38.0 Å².